The zero-order valence-corrected chi connectivity index (χ0v) is 15.6. The Bertz CT molecular complexity index is 1180. The molecule has 1 aromatic carbocycles. The molecule has 0 saturated carbocycles. The first-order valence-electron chi connectivity index (χ1n) is 8.72. The van der Waals surface area contributed by atoms with Crippen LogP contribution in [0.3, 0.4) is 0 Å². The van der Waals surface area contributed by atoms with E-state index < -0.39 is 11.6 Å². The summed E-state index contributed by atoms with van der Waals surface area (Å²) in [7, 11) is 1.49. The van der Waals surface area contributed by atoms with Gasteiger partial charge in [-0.1, -0.05) is 0 Å². The van der Waals surface area contributed by atoms with Gasteiger partial charge >= 0.3 is 0 Å². The highest BCUT2D eigenvalue weighted by atomic mass is 19.1. The minimum Gasteiger partial charge on any atom is -0.494 e. The van der Waals surface area contributed by atoms with Crippen LogP contribution in [0.25, 0.3) is 22.2 Å². The van der Waals surface area contributed by atoms with Crippen LogP contribution in [0.1, 0.15) is 11.4 Å². The number of halogens is 2. The molecular weight excluding hydrogens is 378 g/mol. The second-order valence-electron chi connectivity index (χ2n) is 6.30. The van der Waals surface area contributed by atoms with E-state index in [1.54, 1.807) is 12.1 Å². The summed E-state index contributed by atoms with van der Waals surface area (Å²) in [4.78, 5) is 12.4. The van der Waals surface area contributed by atoms with Crippen molar-refractivity contribution in [3.05, 3.63) is 65.9 Å². The van der Waals surface area contributed by atoms with Crippen molar-refractivity contribution in [1.82, 2.24) is 25.1 Å². The smallest absolute Gasteiger partial charge is 0.152 e. The van der Waals surface area contributed by atoms with E-state index in [4.69, 9.17) is 4.74 Å². The molecule has 0 fully saturated rings. The lowest BCUT2D eigenvalue weighted by atomic mass is 10.1. The summed E-state index contributed by atoms with van der Waals surface area (Å²) in [6.45, 7) is 2.24. The number of aryl methyl sites for hydroxylation is 1. The van der Waals surface area contributed by atoms with Crippen LogP contribution in [0.5, 0.6) is 5.75 Å². The van der Waals surface area contributed by atoms with E-state index in [0.29, 0.717) is 34.6 Å². The van der Waals surface area contributed by atoms with Gasteiger partial charge in [-0.2, -0.15) is 10.2 Å². The first-order valence-corrected chi connectivity index (χ1v) is 8.72. The SMILES string of the molecule is COc1cc(-c2ncc(F)cc2F)cc2c(NCc3ccc(C)nn3)ncnc12. The summed E-state index contributed by atoms with van der Waals surface area (Å²) in [5.41, 5.74) is 2.53. The Labute approximate surface area is 164 Å². The zero-order valence-electron chi connectivity index (χ0n) is 15.6. The molecule has 0 spiro atoms. The number of hydrogen-bond acceptors (Lipinski definition) is 7. The van der Waals surface area contributed by atoms with Crippen molar-refractivity contribution in [2.75, 3.05) is 12.4 Å². The highest BCUT2D eigenvalue weighted by molar-refractivity contribution is 5.96. The number of hydrogen-bond donors (Lipinski definition) is 1. The summed E-state index contributed by atoms with van der Waals surface area (Å²) in [6.07, 6.45) is 2.37. The van der Waals surface area contributed by atoms with Crippen molar-refractivity contribution in [2.24, 2.45) is 0 Å². The van der Waals surface area contributed by atoms with Gasteiger partial charge in [0.2, 0.25) is 0 Å². The molecule has 1 N–H and O–H groups in total. The Kier molecular flexibility index (Phi) is 4.94. The highest BCUT2D eigenvalue weighted by Crippen LogP contribution is 2.34. The fourth-order valence-corrected chi connectivity index (χ4v) is 2.89. The van der Waals surface area contributed by atoms with Crippen LogP contribution in [0, 0.1) is 18.6 Å². The molecule has 0 bridgehead atoms. The first kappa shape index (κ1) is 18.6. The Morgan fingerprint density at radius 3 is 2.62 bits per heavy atom. The lowest BCUT2D eigenvalue weighted by Gasteiger charge is -2.12. The predicted molar refractivity (Wildman–Crippen MR) is 103 cm³/mol. The summed E-state index contributed by atoms with van der Waals surface area (Å²) in [6, 6.07) is 7.81. The molecule has 0 amide bonds. The molecule has 0 unspecified atom stereocenters. The van der Waals surface area contributed by atoms with E-state index in [1.807, 2.05) is 19.1 Å². The van der Waals surface area contributed by atoms with E-state index >= 15 is 0 Å². The molecule has 29 heavy (non-hydrogen) atoms. The molecule has 0 radical (unpaired) electrons. The average Bonchev–Trinajstić information content (AvgIpc) is 2.72. The second kappa shape index (κ2) is 7.70. The molecular formula is C20H16F2N6O. The van der Waals surface area contributed by atoms with Crippen molar-refractivity contribution >= 4 is 16.7 Å². The maximum atomic E-state index is 14.3. The number of methoxy groups -OCH3 is 1. The van der Waals surface area contributed by atoms with E-state index in [2.05, 4.69) is 30.5 Å². The van der Waals surface area contributed by atoms with Gasteiger partial charge in [0.05, 0.1) is 31.2 Å². The van der Waals surface area contributed by atoms with Crippen molar-refractivity contribution in [3.8, 4) is 17.0 Å². The third kappa shape index (κ3) is 3.79. The molecule has 0 aliphatic rings. The van der Waals surface area contributed by atoms with E-state index in [1.165, 1.54) is 13.4 Å². The lowest BCUT2D eigenvalue weighted by molar-refractivity contribution is 0.419. The van der Waals surface area contributed by atoms with Crippen LogP contribution in [0.2, 0.25) is 0 Å². The molecule has 3 heterocycles. The van der Waals surface area contributed by atoms with Gasteiger partial charge in [-0.05, 0) is 31.2 Å². The lowest BCUT2D eigenvalue weighted by Crippen LogP contribution is -2.06. The quantitative estimate of drug-likeness (QED) is 0.552. The molecule has 0 aliphatic heterocycles. The third-order valence-electron chi connectivity index (χ3n) is 4.29. The molecule has 0 saturated heterocycles. The Morgan fingerprint density at radius 2 is 1.90 bits per heavy atom. The van der Waals surface area contributed by atoms with Crippen molar-refractivity contribution < 1.29 is 13.5 Å². The number of rotatable bonds is 5. The van der Waals surface area contributed by atoms with Crippen LogP contribution < -0.4 is 10.1 Å². The largest absolute Gasteiger partial charge is 0.494 e. The standard InChI is InChI=1S/C20H16F2N6O/c1-11-3-4-14(28-27-11)9-24-20-15-5-12(18-16(22)7-13(21)8-23-18)6-17(29-2)19(15)25-10-26-20/h3-8,10H,9H2,1-2H3,(H,24,25,26). The average molecular weight is 394 g/mol. The first-order chi connectivity index (χ1) is 14.0. The third-order valence-corrected chi connectivity index (χ3v) is 4.29. The van der Waals surface area contributed by atoms with Crippen LogP contribution in [-0.2, 0) is 6.54 Å². The molecule has 4 rings (SSSR count). The molecule has 9 heteroatoms. The fraction of sp³-hybridized carbons (Fsp3) is 0.150. The van der Waals surface area contributed by atoms with Gasteiger partial charge in [0.1, 0.15) is 34.9 Å². The Hall–Kier alpha value is -3.75. The van der Waals surface area contributed by atoms with Crippen LogP contribution in [-0.4, -0.2) is 32.3 Å². The fourth-order valence-electron chi connectivity index (χ4n) is 2.89. The summed E-state index contributed by atoms with van der Waals surface area (Å²) in [5, 5.41) is 11.9. The van der Waals surface area contributed by atoms with Crippen molar-refractivity contribution in [1.29, 1.82) is 0 Å². The van der Waals surface area contributed by atoms with Gasteiger partial charge < -0.3 is 10.1 Å². The molecule has 146 valence electrons. The van der Waals surface area contributed by atoms with Gasteiger partial charge in [0.15, 0.2) is 5.82 Å². The molecule has 4 aromatic rings. The van der Waals surface area contributed by atoms with Crippen LogP contribution >= 0.6 is 0 Å². The number of ether oxygens (including phenoxy) is 1. The zero-order chi connectivity index (χ0) is 20.4. The Balaban J connectivity index is 1.78. The number of anilines is 1. The predicted octanol–water partition coefficient (Wildman–Crippen LogP) is 3.69. The molecule has 0 atom stereocenters. The van der Waals surface area contributed by atoms with Crippen molar-refractivity contribution in [2.45, 2.75) is 13.5 Å². The maximum absolute atomic E-state index is 14.3. The maximum Gasteiger partial charge on any atom is 0.152 e. The van der Waals surface area contributed by atoms with Gasteiger partial charge in [-0.25, -0.2) is 18.7 Å². The van der Waals surface area contributed by atoms with Gasteiger partial charge in [0.25, 0.3) is 0 Å². The number of pyridine rings is 1. The normalized spacial score (nSPS) is 10.9. The van der Waals surface area contributed by atoms with Gasteiger partial charge in [0, 0.05) is 17.0 Å². The Morgan fingerprint density at radius 1 is 1.03 bits per heavy atom. The number of benzene rings is 1. The van der Waals surface area contributed by atoms with E-state index in [0.717, 1.165) is 23.7 Å². The topological polar surface area (TPSA) is 85.7 Å². The van der Waals surface area contributed by atoms with E-state index in [-0.39, 0.29) is 5.69 Å². The minimum atomic E-state index is -0.771. The summed E-state index contributed by atoms with van der Waals surface area (Å²) < 4.78 is 32.9. The molecule has 7 nitrogen and oxygen atoms in total. The number of aromatic nitrogens is 5. The number of nitrogens with zero attached hydrogens (tertiary/aromatic N) is 5. The monoisotopic (exact) mass is 394 g/mol. The number of fused-ring (bicyclic) bond motifs is 1. The van der Waals surface area contributed by atoms with Crippen LogP contribution in [0.15, 0.2) is 42.9 Å². The summed E-state index contributed by atoms with van der Waals surface area (Å²) in [5.74, 6) is -0.583. The second-order valence-corrected chi connectivity index (χ2v) is 6.30. The molecule has 3 aromatic heterocycles. The van der Waals surface area contributed by atoms with E-state index in [9.17, 15) is 8.78 Å². The number of nitrogens with one attached hydrogen (secondary N) is 1. The van der Waals surface area contributed by atoms with Gasteiger partial charge in [-0.15, -0.1) is 0 Å². The van der Waals surface area contributed by atoms with Crippen molar-refractivity contribution in [3.63, 3.8) is 0 Å². The van der Waals surface area contributed by atoms with Crippen LogP contribution in [0.4, 0.5) is 14.6 Å². The molecule has 0 aliphatic carbocycles. The highest BCUT2D eigenvalue weighted by Gasteiger charge is 2.15. The summed E-state index contributed by atoms with van der Waals surface area (Å²) >= 11 is 0. The van der Waals surface area contributed by atoms with Gasteiger partial charge in [-0.3, -0.25) is 4.98 Å². The minimum absolute atomic E-state index is 0.00537.